The van der Waals surface area contributed by atoms with Crippen LogP contribution >= 0.6 is 0 Å². The Bertz CT molecular complexity index is 398. The molecule has 2 rings (SSSR count). The zero-order valence-corrected chi connectivity index (χ0v) is 11.2. The summed E-state index contributed by atoms with van der Waals surface area (Å²) in [5.74, 6) is -0.158. The molecule has 1 fully saturated rings. The van der Waals surface area contributed by atoms with E-state index >= 15 is 0 Å². The van der Waals surface area contributed by atoms with Crippen molar-refractivity contribution in [3.05, 3.63) is 29.6 Å². The zero-order chi connectivity index (χ0) is 13.1. The highest BCUT2D eigenvalue weighted by atomic mass is 19.1. The molecule has 1 atom stereocenters. The maximum atomic E-state index is 14.1. The van der Waals surface area contributed by atoms with Crippen LogP contribution in [-0.2, 0) is 0 Å². The first-order valence-corrected chi connectivity index (χ1v) is 6.64. The summed E-state index contributed by atoms with van der Waals surface area (Å²) < 4.78 is 14.1. The molecule has 0 bridgehead atoms. The molecule has 1 aliphatic rings. The molecule has 4 heteroatoms. The molecule has 18 heavy (non-hydrogen) atoms. The number of halogens is 1. The van der Waals surface area contributed by atoms with Crippen LogP contribution in [-0.4, -0.2) is 37.6 Å². The van der Waals surface area contributed by atoms with Gasteiger partial charge in [-0.3, -0.25) is 0 Å². The zero-order valence-electron chi connectivity index (χ0n) is 11.2. The van der Waals surface area contributed by atoms with E-state index in [2.05, 4.69) is 16.7 Å². The van der Waals surface area contributed by atoms with Crippen LogP contribution in [0.4, 0.5) is 10.1 Å². The average Bonchev–Trinajstić information content (AvgIpc) is 2.38. The highest BCUT2D eigenvalue weighted by Gasteiger charge is 2.18. The van der Waals surface area contributed by atoms with E-state index in [1.54, 1.807) is 6.07 Å². The van der Waals surface area contributed by atoms with E-state index < -0.39 is 0 Å². The van der Waals surface area contributed by atoms with Crippen LogP contribution in [0, 0.1) is 5.82 Å². The Morgan fingerprint density at radius 3 is 2.44 bits per heavy atom. The van der Waals surface area contributed by atoms with E-state index in [9.17, 15) is 4.39 Å². The standard InChI is InChI=1S/C14H22FN3/c1-3-17-6-8-18(9-7-17)14-5-4-12(11(2)16)10-13(14)15/h4-5,10-11H,3,6-9,16H2,1-2H3/t11-/m0/s1. The van der Waals surface area contributed by atoms with Gasteiger partial charge in [0.1, 0.15) is 5.82 Å². The molecule has 0 amide bonds. The fourth-order valence-corrected chi connectivity index (χ4v) is 2.37. The van der Waals surface area contributed by atoms with Gasteiger partial charge in [0.2, 0.25) is 0 Å². The van der Waals surface area contributed by atoms with Gasteiger partial charge in [0.15, 0.2) is 0 Å². The molecule has 0 aliphatic carbocycles. The van der Waals surface area contributed by atoms with E-state index in [0.717, 1.165) is 38.3 Å². The molecule has 3 nitrogen and oxygen atoms in total. The molecule has 0 unspecified atom stereocenters. The normalized spacial score (nSPS) is 19.0. The predicted octanol–water partition coefficient (Wildman–Crippen LogP) is 1.99. The number of nitrogens with two attached hydrogens (primary N) is 1. The van der Waals surface area contributed by atoms with Crippen molar-refractivity contribution in [1.82, 2.24) is 4.90 Å². The van der Waals surface area contributed by atoms with Gasteiger partial charge in [-0.25, -0.2) is 4.39 Å². The molecule has 0 radical (unpaired) electrons. The highest BCUT2D eigenvalue weighted by Crippen LogP contribution is 2.23. The van der Waals surface area contributed by atoms with E-state index in [1.807, 2.05) is 19.1 Å². The Morgan fingerprint density at radius 1 is 1.28 bits per heavy atom. The van der Waals surface area contributed by atoms with Gasteiger partial charge < -0.3 is 15.5 Å². The fourth-order valence-electron chi connectivity index (χ4n) is 2.37. The number of rotatable bonds is 3. The van der Waals surface area contributed by atoms with Gasteiger partial charge >= 0.3 is 0 Å². The summed E-state index contributed by atoms with van der Waals surface area (Å²) in [5.41, 5.74) is 7.31. The van der Waals surface area contributed by atoms with Crippen molar-refractivity contribution < 1.29 is 4.39 Å². The SMILES string of the molecule is CCN1CCN(c2ccc([C@H](C)N)cc2F)CC1. The summed E-state index contributed by atoms with van der Waals surface area (Å²) >= 11 is 0. The third-order valence-corrected chi connectivity index (χ3v) is 3.66. The number of hydrogen-bond acceptors (Lipinski definition) is 3. The van der Waals surface area contributed by atoms with Crippen LogP contribution in [0.5, 0.6) is 0 Å². The maximum absolute atomic E-state index is 14.1. The molecular weight excluding hydrogens is 229 g/mol. The smallest absolute Gasteiger partial charge is 0.146 e. The van der Waals surface area contributed by atoms with Crippen molar-refractivity contribution in [2.75, 3.05) is 37.6 Å². The lowest BCUT2D eigenvalue weighted by atomic mass is 10.1. The Morgan fingerprint density at radius 2 is 1.94 bits per heavy atom. The maximum Gasteiger partial charge on any atom is 0.146 e. The molecule has 0 aromatic heterocycles. The van der Waals surface area contributed by atoms with Gasteiger partial charge in [-0.1, -0.05) is 13.0 Å². The van der Waals surface area contributed by atoms with Crippen LogP contribution < -0.4 is 10.6 Å². The van der Waals surface area contributed by atoms with Crippen molar-refractivity contribution in [3.63, 3.8) is 0 Å². The summed E-state index contributed by atoms with van der Waals surface area (Å²) in [6.45, 7) is 8.89. The number of nitrogens with zero attached hydrogens (tertiary/aromatic N) is 2. The molecule has 1 aromatic carbocycles. The first kappa shape index (κ1) is 13.3. The third kappa shape index (κ3) is 2.82. The first-order valence-electron chi connectivity index (χ1n) is 6.64. The minimum atomic E-state index is -0.158. The van der Waals surface area contributed by atoms with Crippen LogP contribution in [0.15, 0.2) is 18.2 Å². The number of piperazine rings is 1. The van der Waals surface area contributed by atoms with Crippen molar-refractivity contribution >= 4 is 5.69 Å². The summed E-state index contributed by atoms with van der Waals surface area (Å²) in [7, 11) is 0. The molecule has 1 saturated heterocycles. The molecular formula is C14H22FN3. The molecule has 100 valence electrons. The summed E-state index contributed by atoms with van der Waals surface area (Å²) in [6.07, 6.45) is 0. The third-order valence-electron chi connectivity index (χ3n) is 3.66. The Balaban J connectivity index is 2.10. The quantitative estimate of drug-likeness (QED) is 0.891. The van der Waals surface area contributed by atoms with Crippen molar-refractivity contribution in [3.8, 4) is 0 Å². The second-order valence-corrected chi connectivity index (χ2v) is 4.92. The second kappa shape index (κ2) is 5.67. The molecule has 0 spiro atoms. The van der Waals surface area contributed by atoms with Gasteiger partial charge in [0.05, 0.1) is 5.69 Å². The topological polar surface area (TPSA) is 32.5 Å². The number of hydrogen-bond donors (Lipinski definition) is 1. The van der Waals surface area contributed by atoms with Gasteiger partial charge in [0, 0.05) is 32.2 Å². The van der Waals surface area contributed by atoms with E-state index in [-0.39, 0.29) is 11.9 Å². The first-order chi connectivity index (χ1) is 8.61. The Kier molecular flexibility index (Phi) is 4.19. The molecule has 2 N–H and O–H groups in total. The van der Waals surface area contributed by atoms with E-state index in [1.165, 1.54) is 0 Å². The number of likely N-dealkylation sites (N-methyl/N-ethyl adjacent to an activating group) is 1. The van der Waals surface area contributed by atoms with Gasteiger partial charge in [-0.15, -0.1) is 0 Å². The molecule has 1 aromatic rings. The lowest BCUT2D eigenvalue weighted by Gasteiger charge is -2.35. The minimum absolute atomic E-state index is 0.120. The summed E-state index contributed by atoms with van der Waals surface area (Å²) in [5, 5.41) is 0. The molecule has 1 aliphatic heterocycles. The second-order valence-electron chi connectivity index (χ2n) is 4.92. The van der Waals surface area contributed by atoms with Crippen LogP contribution in [0.3, 0.4) is 0 Å². The van der Waals surface area contributed by atoms with Crippen molar-refractivity contribution in [2.24, 2.45) is 5.73 Å². The Hall–Kier alpha value is -1.13. The van der Waals surface area contributed by atoms with Crippen LogP contribution in [0.2, 0.25) is 0 Å². The van der Waals surface area contributed by atoms with Crippen LogP contribution in [0.25, 0.3) is 0 Å². The minimum Gasteiger partial charge on any atom is -0.367 e. The largest absolute Gasteiger partial charge is 0.367 e. The monoisotopic (exact) mass is 251 g/mol. The van der Waals surface area contributed by atoms with E-state index in [4.69, 9.17) is 5.73 Å². The lowest BCUT2D eigenvalue weighted by molar-refractivity contribution is 0.270. The molecule has 0 saturated carbocycles. The van der Waals surface area contributed by atoms with Crippen molar-refractivity contribution in [1.29, 1.82) is 0 Å². The van der Waals surface area contributed by atoms with Gasteiger partial charge in [0.25, 0.3) is 0 Å². The lowest BCUT2D eigenvalue weighted by Crippen LogP contribution is -2.46. The Labute approximate surface area is 108 Å². The van der Waals surface area contributed by atoms with Gasteiger partial charge in [-0.05, 0) is 31.2 Å². The number of benzene rings is 1. The highest BCUT2D eigenvalue weighted by molar-refractivity contribution is 5.50. The number of anilines is 1. The van der Waals surface area contributed by atoms with E-state index in [0.29, 0.717) is 5.69 Å². The van der Waals surface area contributed by atoms with Crippen molar-refractivity contribution in [2.45, 2.75) is 19.9 Å². The average molecular weight is 251 g/mol. The summed E-state index contributed by atoms with van der Waals surface area (Å²) in [4.78, 5) is 4.50. The molecule has 1 heterocycles. The summed E-state index contributed by atoms with van der Waals surface area (Å²) in [6, 6.07) is 5.22. The predicted molar refractivity (Wildman–Crippen MR) is 73.3 cm³/mol. The fraction of sp³-hybridized carbons (Fsp3) is 0.571. The van der Waals surface area contributed by atoms with Crippen LogP contribution in [0.1, 0.15) is 25.5 Å². The van der Waals surface area contributed by atoms with Gasteiger partial charge in [-0.2, -0.15) is 0 Å².